The molecule has 0 saturated carbocycles. The molecule has 1 unspecified atom stereocenters. The molecule has 1 atom stereocenters. The van der Waals surface area contributed by atoms with Gasteiger partial charge in [-0.05, 0) is 18.1 Å². The first-order valence-corrected chi connectivity index (χ1v) is 6.02. The van der Waals surface area contributed by atoms with Gasteiger partial charge in [0.05, 0.1) is 6.07 Å². The van der Waals surface area contributed by atoms with E-state index >= 15 is 0 Å². The van der Waals surface area contributed by atoms with Crippen molar-refractivity contribution in [2.24, 2.45) is 0 Å². The molecule has 1 amide bonds. The molecule has 1 aliphatic carbocycles. The lowest BCUT2D eigenvalue weighted by molar-refractivity contribution is -0.120. The molecule has 2 aromatic rings. The number of fused-ring (bicyclic) bond motifs is 3. The Bertz CT molecular complexity index is 651. The van der Waals surface area contributed by atoms with E-state index in [2.05, 4.69) is 22.4 Å². The van der Waals surface area contributed by atoms with E-state index in [-0.39, 0.29) is 18.4 Å². The Morgan fingerprint density at radius 3 is 3.11 bits per heavy atom. The van der Waals surface area contributed by atoms with Crippen LogP contribution in [0.25, 0.3) is 10.9 Å². The summed E-state index contributed by atoms with van der Waals surface area (Å²) >= 11 is 0. The minimum Gasteiger partial charge on any atom is -0.358 e. The van der Waals surface area contributed by atoms with Gasteiger partial charge in [-0.25, -0.2) is 0 Å². The average molecular weight is 239 g/mol. The fourth-order valence-electron chi connectivity index (χ4n) is 2.68. The quantitative estimate of drug-likeness (QED) is 0.836. The first-order chi connectivity index (χ1) is 8.78. The summed E-state index contributed by atoms with van der Waals surface area (Å²) < 4.78 is 0. The standard InChI is InChI=1S/C14H13N3O/c15-6-5-14(18)16-9-7-11-10-3-1-2-4-12(10)17-13(11)8-9/h1-4,9,17H,5,7-8H2,(H,16,18). The molecule has 1 aromatic heterocycles. The lowest BCUT2D eigenvalue weighted by Gasteiger charge is -2.10. The van der Waals surface area contributed by atoms with Crippen molar-refractivity contribution >= 4 is 16.8 Å². The number of benzene rings is 1. The fourth-order valence-corrected chi connectivity index (χ4v) is 2.68. The van der Waals surface area contributed by atoms with Gasteiger partial charge in [0.2, 0.25) is 5.91 Å². The first kappa shape index (κ1) is 10.8. The molecule has 1 heterocycles. The van der Waals surface area contributed by atoms with Gasteiger partial charge in [0.1, 0.15) is 6.42 Å². The van der Waals surface area contributed by atoms with Crippen LogP contribution in [0, 0.1) is 11.3 Å². The number of aromatic nitrogens is 1. The topological polar surface area (TPSA) is 68.7 Å². The molecule has 0 spiro atoms. The summed E-state index contributed by atoms with van der Waals surface area (Å²) in [6.07, 6.45) is 1.60. The minimum absolute atomic E-state index is 0.0643. The molecule has 4 heteroatoms. The number of rotatable bonds is 2. The van der Waals surface area contributed by atoms with E-state index in [1.165, 1.54) is 16.6 Å². The Morgan fingerprint density at radius 2 is 2.28 bits per heavy atom. The van der Waals surface area contributed by atoms with E-state index in [4.69, 9.17) is 5.26 Å². The molecule has 0 fully saturated rings. The third kappa shape index (κ3) is 1.74. The summed E-state index contributed by atoms with van der Waals surface area (Å²) in [5.74, 6) is -0.183. The SMILES string of the molecule is N#CCC(=O)NC1Cc2[nH]c3ccccc3c2C1. The maximum Gasteiger partial charge on any atom is 0.234 e. The van der Waals surface area contributed by atoms with E-state index in [9.17, 15) is 4.79 Å². The smallest absolute Gasteiger partial charge is 0.234 e. The van der Waals surface area contributed by atoms with Crippen LogP contribution in [0.1, 0.15) is 17.7 Å². The lowest BCUT2D eigenvalue weighted by Crippen LogP contribution is -2.35. The van der Waals surface area contributed by atoms with Crippen LogP contribution in [-0.4, -0.2) is 16.9 Å². The zero-order valence-electron chi connectivity index (χ0n) is 9.86. The predicted octanol–water partition coefficient (Wildman–Crippen LogP) is 1.66. The van der Waals surface area contributed by atoms with Crippen LogP contribution in [-0.2, 0) is 17.6 Å². The van der Waals surface area contributed by atoms with Gasteiger partial charge in [0.25, 0.3) is 0 Å². The molecule has 90 valence electrons. The third-order valence-electron chi connectivity index (χ3n) is 3.41. The van der Waals surface area contributed by atoms with Gasteiger partial charge in [0.15, 0.2) is 0 Å². The highest BCUT2D eigenvalue weighted by Gasteiger charge is 2.26. The van der Waals surface area contributed by atoms with Crippen LogP contribution in [0.3, 0.4) is 0 Å². The maximum atomic E-state index is 11.4. The largest absolute Gasteiger partial charge is 0.358 e. The van der Waals surface area contributed by atoms with Crippen molar-refractivity contribution in [3.05, 3.63) is 35.5 Å². The van der Waals surface area contributed by atoms with E-state index in [1.54, 1.807) is 0 Å². The molecular formula is C14H13N3O. The summed E-state index contributed by atoms with van der Waals surface area (Å²) in [6, 6.07) is 10.2. The number of nitrogens with one attached hydrogen (secondary N) is 2. The molecule has 3 rings (SSSR count). The van der Waals surface area contributed by atoms with Crippen molar-refractivity contribution in [3.8, 4) is 6.07 Å². The van der Waals surface area contributed by atoms with Gasteiger partial charge in [-0.2, -0.15) is 5.26 Å². The molecular weight excluding hydrogens is 226 g/mol. The number of hydrogen-bond acceptors (Lipinski definition) is 2. The second-order valence-electron chi connectivity index (χ2n) is 4.64. The second kappa shape index (κ2) is 4.19. The monoisotopic (exact) mass is 239 g/mol. The summed E-state index contributed by atoms with van der Waals surface area (Å²) in [6.45, 7) is 0. The third-order valence-corrected chi connectivity index (χ3v) is 3.41. The van der Waals surface area contributed by atoms with Gasteiger partial charge in [-0.1, -0.05) is 18.2 Å². The Balaban J connectivity index is 1.80. The number of H-pyrrole nitrogens is 1. The Morgan fingerprint density at radius 1 is 1.44 bits per heavy atom. The summed E-state index contributed by atoms with van der Waals surface area (Å²) in [4.78, 5) is 14.8. The molecule has 0 bridgehead atoms. The van der Waals surface area contributed by atoms with Crippen LogP contribution in [0.15, 0.2) is 24.3 Å². The normalized spacial score (nSPS) is 17.4. The number of carbonyl (C=O) groups excluding carboxylic acids is 1. The van der Waals surface area contributed by atoms with Gasteiger partial charge in [-0.15, -0.1) is 0 Å². The van der Waals surface area contributed by atoms with Crippen molar-refractivity contribution in [1.29, 1.82) is 5.26 Å². The molecule has 0 saturated heterocycles. The van der Waals surface area contributed by atoms with Crippen LogP contribution in [0.2, 0.25) is 0 Å². The molecule has 4 nitrogen and oxygen atoms in total. The van der Waals surface area contributed by atoms with E-state index in [0.717, 1.165) is 18.4 Å². The molecule has 0 aliphatic heterocycles. The lowest BCUT2D eigenvalue weighted by atomic mass is 10.1. The average Bonchev–Trinajstić information content (AvgIpc) is 2.86. The predicted molar refractivity (Wildman–Crippen MR) is 67.9 cm³/mol. The summed E-state index contributed by atoms with van der Waals surface area (Å²) in [7, 11) is 0. The maximum absolute atomic E-state index is 11.4. The zero-order chi connectivity index (χ0) is 12.5. The van der Waals surface area contributed by atoms with Crippen LogP contribution in [0.4, 0.5) is 0 Å². The van der Waals surface area contributed by atoms with E-state index in [1.807, 2.05) is 18.2 Å². The van der Waals surface area contributed by atoms with Gasteiger partial charge in [0, 0.05) is 29.1 Å². The second-order valence-corrected chi connectivity index (χ2v) is 4.64. The number of nitriles is 1. The molecule has 1 aliphatic rings. The number of carbonyl (C=O) groups is 1. The molecule has 18 heavy (non-hydrogen) atoms. The number of para-hydroxylation sites is 1. The van der Waals surface area contributed by atoms with Crippen molar-refractivity contribution in [2.75, 3.05) is 0 Å². The highest BCUT2D eigenvalue weighted by atomic mass is 16.1. The van der Waals surface area contributed by atoms with Gasteiger partial charge in [-0.3, -0.25) is 4.79 Å². The van der Waals surface area contributed by atoms with Crippen LogP contribution in [0.5, 0.6) is 0 Å². The Labute approximate surface area is 105 Å². The Kier molecular flexibility index (Phi) is 2.52. The Hall–Kier alpha value is -2.28. The van der Waals surface area contributed by atoms with Crippen LogP contribution >= 0.6 is 0 Å². The van der Waals surface area contributed by atoms with E-state index in [0.29, 0.717) is 0 Å². The first-order valence-electron chi connectivity index (χ1n) is 6.02. The highest BCUT2D eigenvalue weighted by Crippen LogP contribution is 2.29. The zero-order valence-corrected chi connectivity index (χ0v) is 9.86. The summed E-state index contributed by atoms with van der Waals surface area (Å²) in [5.41, 5.74) is 3.66. The van der Waals surface area contributed by atoms with Gasteiger partial charge >= 0.3 is 0 Å². The number of amides is 1. The van der Waals surface area contributed by atoms with Crippen LogP contribution < -0.4 is 5.32 Å². The highest BCUT2D eigenvalue weighted by molar-refractivity contribution is 5.86. The molecule has 0 radical (unpaired) electrons. The minimum atomic E-state index is -0.183. The van der Waals surface area contributed by atoms with Gasteiger partial charge < -0.3 is 10.3 Å². The fraction of sp³-hybridized carbons (Fsp3) is 0.286. The van der Waals surface area contributed by atoms with Crippen molar-refractivity contribution in [2.45, 2.75) is 25.3 Å². The number of aromatic amines is 1. The molecule has 2 N–H and O–H groups in total. The van der Waals surface area contributed by atoms with Crippen molar-refractivity contribution in [1.82, 2.24) is 10.3 Å². The van der Waals surface area contributed by atoms with Crippen molar-refractivity contribution < 1.29 is 4.79 Å². The summed E-state index contributed by atoms with van der Waals surface area (Å²) in [5, 5.41) is 12.6. The van der Waals surface area contributed by atoms with E-state index < -0.39 is 0 Å². The van der Waals surface area contributed by atoms with Crippen molar-refractivity contribution in [3.63, 3.8) is 0 Å². The molecule has 1 aromatic carbocycles. The number of hydrogen-bond donors (Lipinski definition) is 2. The number of nitrogens with zero attached hydrogens (tertiary/aromatic N) is 1.